The number of hydrogen-bond acceptors (Lipinski definition) is 10. The fraction of sp³-hybridized carbons (Fsp3) is 0.0690. The average molecular weight is 686 g/mol. The van der Waals surface area contributed by atoms with E-state index in [4.69, 9.17) is 11.6 Å². The molecule has 17 heteroatoms. The van der Waals surface area contributed by atoms with Crippen molar-refractivity contribution in [2.75, 3.05) is 15.5 Å². The van der Waals surface area contributed by atoms with Gasteiger partial charge in [-0.25, -0.2) is 13.4 Å². The van der Waals surface area contributed by atoms with Crippen LogP contribution in [0.15, 0.2) is 105 Å². The Kier molecular flexibility index (Phi) is 9.50. The van der Waals surface area contributed by atoms with Gasteiger partial charge in [0.25, 0.3) is 27.0 Å². The minimum Gasteiger partial charge on any atom is -0.339 e. The van der Waals surface area contributed by atoms with E-state index in [1.165, 1.54) is 53.1 Å². The van der Waals surface area contributed by atoms with Crippen molar-refractivity contribution in [2.24, 2.45) is 5.10 Å². The zero-order chi connectivity index (χ0) is 33.0. The van der Waals surface area contributed by atoms with E-state index in [0.717, 1.165) is 18.3 Å². The Morgan fingerprint density at radius 2 is 1.76 bits per heavy atom. The van der Waals surface area contributed by atoms with Gasteiger partial charge in [-0.1, -0.05) is 29.4 Å². The largest absolute Gasteiger partial charge is 0.339 e. The van der Waals surface area contributed by atoms with Crippen LogP contribution in [0.1, 0.15) is 11.1 Å². The molecule has 0 saturated heterocycles. The molecule has 0 bridgehead atoms. The molecule has 0 atom stereocenters. The Morgan fingerprint density at radius 3 is 2.43 bits per heavy atom. The number of nitro groups is 1. The summed E-state index contributed by atoms with van der Waals surface area (Å²) in [5.41, 5.74) is 3.04. The van der Waals surface area contributed by atoms with Gasteiger partial charge in [0.15, 0.2) is 0 Å². The minimum absolute atomic E-state index is 0.0350. The topological polar surface area (TPSA) is 160 Å². The molecular weight excluding hydrogens is 664 g/mol. The first kappa shape index (κ1) is 32.3. The van der Waals surface area contributed by atoms with Gasteiger partial charge in [0.05, 0.1) is 16.8 Å². The molecule has 2 heterocycles. The molecule has 5 rings (SSSR count). The maximum Gasteiger partial charge on any atom is 0.288 e. The highest BCUT2D eigenvalue weighted by Gasteiger charge is 2.23. The van der Waals surface area contributed by atoms with Gasteiger partial charge >= 0.3 is 0 Å². The summed E-state index contributed by atoms with van der Waals surface area (Å²) in [5.74, 6) is -2.50. The molecular formula is C29H22ClF2N7O5S2. The van der Waals surface area contributed by atoms with Gasteiger partial charge in [-0.2, -0.15) is 13.9 Å². The van der Waals surface area contributed by atoms with Gasteiger partial charge in [-0.3, -0.25) is 29.5 Å². The van der Waals surface area contributed by atoms with Crippen LogP contribution in [0.4, 0.5) is 37.3 Å². The Morgan fingerprint density at radius 1 is 1.07 bits per heavy atom. The normalized spacial score (nSPS) is 11.7. The first-order chi connectivity index (χ1) is 21.9. The van der Waals surface area contributed by atoms with E-state index >= 15 is 0 Å². The molecule has 0 fully saturated rings. The number of benzene rings is 3. The second kappa shape index (κ2) is 13.5. The zero-order valence-electron chi connectivity index (χ0n) is 23.5. The summed E-state index contributed by atoms with van der Waals surface area (Å²) in [7, 11) is -4.38. The molecule has 5 aromatic rings. The number of hydrogen-bond donors (Lipinski definition) is 3. The SMILES string of the molecule is Cc1cccn2c(=O)c(C=NNc3ccc([N+](=O)[O-])cc3S(=O)(=O)Nc3ccc(Cl)cc3)c(Nc3ccc(SC(F)F)cc3)nc12. The molecule has 0 aliphatic heterocycles. The third-order valence-electron chi connectivity index (χ3n) is 6.37. The van der Waals surface area contributed by atoms with Crippen LogP contribution in [0.2, 0.25) is 5.02 Å². The highest BCUT2D eigenvalue weighted by Crippen LogP contribution is 2.30. The van der Waals surface area contributed by atoms with Crippen molar-refractivity contribution in [3.05, 3.63) is 122 Å². The van der Waals surface area contributed by atoms with Crippen LogP contribution < -0.4 is 21.0 Å². The molecule has 3 aromatic carbocycles. The van der Waals surface area contributed by atoms with Crippen LogP contribution in [-0.2, 0) is 10.0 Å². The molecule has 0 aliphatic rings. The standard InChI is InChI=1S/C29H22ClF2N7O5S2/c1-17-3-2-14-38-27(17)35-26(34-19-8-11-22(12-9-19)45-29(31)32)23(28(38)40)16-33-36-24-13-10-21(39(41)42)15-25(24)46(43,44)37-20-6-4-18(30)5-7-20/h2-16,29,34,36-37H,1H3. The van der Waals surface area contributed by atoms with Crippen LogP contribution in [0.5, 0.6) is 0 Å². The maximum atomic E-state index is 13.6. The van der Waals surface area contributed by atoms with E-state index in [1.807, 2.05) is 0 Å². The molecule has 12 nitrogen and oxygen atoms in total. The van der Waals surface area contributed by atoms with Gasteiger partial charge < -0.3 is 5.32 Å². The lowest BCUT2D eigenvalue weighted by Crippen LogP contribution is -2.22. The van der Waals surface area contributed by atoms with Crippen molar-refractivity contribution in [1.29, 1.82) is 0 Å². The number of alkyl halides is 2. The number of fused-ring (bicyclic) bond motifs is 1. The van der Waals surface area contributed by atoms with Crippen LogP contribution in [0, 0.1) is 17.0 Å². The van der Waals surface area contributed by atoms with E-state index < -0.39 is 36.8 Å². The lowest BCUT2D eigenvalue weighted by Gasteiger charge is -2.13. The van der Waals surface area contributed by atoms with Crippen molar-refractivity contribution in [3.63, 3.8) is 0 Å². The van der Waals surface area contributed by atoms with Crippen molar-refractivity contribution >= 4 is 73.8 Å². The first-order valence-corrected chi connectivity index (χ1v) is 15.8. The summed E-state index contributed by atoms with van der Waals surface area (Å²) < 4.78 is 55.8. The summed E-state index contributed by atoms with van der Waals surface area (Å²) in [6.07, 6.45) is 2.64. The second-order valence-corrected chi connectivity index (χ2v) is 12.7. The average Bonchev–Trinajstić information content (AvgIpc) is 3.01. The highest BCUT2D eigenvalue weighted by molar-refractivity contribution is 7.99. The predicted octanol–water partition coefficient (Wildman–Crippen LogP) is 6.87. The van der Waals surface area contributed by atoms with Gasteiger partial charge in [-0.15, -0.1) is 0 Å². The molecule has 0 unspecified atom stereocenters. The zero-order valence-corrected chi connectivity index (χ0v) is 25.9. The van der Waals surface area contributed by atoms with Crippen LogP contribution in [0.25, 0.3) is 5.65 Å². The highest BCUT2D eigenvalue weighted by atomic mass is 35.5. The minimum atomic E-state index is -4.38. The number of nitrogens with one attached hydrogen (secondary N) is 3. The number of aryl methyl sites for hydroxylation is 1. The fourth-order valence-electron chi connectivity index (χ4n) is 4.21. The number of rotatable bonds is 11. The molecule has 0 radical (unpaired) electrons. The van der Waals surface area contributed by atoms with Gasteiger partial charge in [0, 0.05) is 39.6 Å². The smallest absolute Gasteiger partial charge is 0.288 e. The Balaban J connectivity index is 1.52. The number of halogens is 3. The Hall–Kier alpha value is -5.06. The molecule has 0 aliphatic carbocycles. The number of thioether (sulfide) groups is 1. The number of nitrogens with zero attached hydrogens (tertiary/aromatic N) is 4. The maximum absolute atomic E-state index is 13.6. The van der Waals surface area contributed by atoms with Gasteiger partial charge in [-0.05, 0) is 73.2 Å². The van der Waals surface area contributed by atoms with Crippen molar-refractivity contribution in [3.8, 4) is 0 Å². The third kappa shape index (κ3) is 7.42. The van der Waals surface area contributed by atoms with E-state index in [2.05, 4.69) is 25.6 Å². The summed E-state index contributed by atoms with van der Waals surface area (Å²) in [6, 6.07) is 18.4. The number of sulfonamides is 1. The van der Waals surface area contributed by atoms with Crippen LogP contribution in [0.3, 0.4) is 0 Å². The van der Waals surface area contributed by atoms with E-state index in [9.17, 15) is 32.1 Å². The third-order valence-corrected chi connectivity index (χ3v) is 8.76. The quantitative estimate of drug-likeness (QED) is 0.0583. The molecule has 2 aromatic heterocycles. The fourth-order valence-corrected chi connectivity index (χ4v) is 6.07. The number of pyridine rings is 1. The lowest BCUT2D eigenvalue weighted by atomic mass is 10.2. The first-order valence-electron chi connectivity index (χ1n) is 13.1. The van der Waals surface area contributed by atoms with Gasteiger partial charge in [0.1, 0.15) is 21.9 Å². The van der Waals surface area contributed by atoms with E-state index in [0.29, 0.717) is 38.6 Å². The summed E-state index contributed by atoms with van der Waals surface area (Å²) in [5, 5.41) is 18.9. The van der Waals surface area contributed by atoms with Crippen LogP contribution in [-0.4, -0.2) is 34.7 Å². The van der Waals surface area contributed by atoms with E-state index in [1.54, 1.807) is 31.2 Å². The molecule has 3 N–H and O–H groups in total. The molecule has 0 amide bonds. The number of aromatic nitrogens is 2. The Labute approximate surface area is 269 Å². The van der Waals surface area contributed by atoms with E-state index in [-0.39, 0.29) is 22.8 Å². The monoisotopic (exact) mass is 685 g/mol. The second-order valence-electron chi connectivity index (χ2n) is 9.51. The molecule has 236 valence electrons. The number of hydrazone groups is 1. The number of non-ortho nitro benzene ring substituents is 1. The summed E-state index contributed by atoms with van der Waals surface area (Å²) in [6.45, 7) is 1.77. The summed E-state index contributed by atoms with van der Waals surface area (Å²) >= 11 is 6.27. The predicted molar refractivity (Wildman–Crippen MR) is 174 cm³/mol. The molecule has 0 saturated carbocycles. The summed E-state index contributed by atoms with van der Waals surface area (Å²) in [4.78, 5) is 28.7. The Bertz CT molecular complexity index is 2130. The number of nitro benzene ring substituents is 1. The van der Waals surface area contributed by atoms with Gasteiger partial charge in [0.2, 0.25) is 0 Å². The lowest BCUT2D eigenvalue weighted by molar-refractivity contribution is -0.385. The molecule has 0 spiro atoms. The van der Waals surface area contributed by atoms with Crippen molar-refractivity contribution < 1.29 is 22.1 Å². The molecule has 46 heavy (non-hydrogen) atoms. The van der Waals surface area contributed by atoms with Crippen molar-refractivity contribution in [2.45, 2.75) is 22.5 Å². The van der Waals surface area contributed by atoms with Crippen LogP contribution >= 0.6 is 23.4 Å². The number of anilines is 4. The van der Waals surface area contributed by atoms with Crippen molar-refractivity contribution in [1.82, 2.24) is 9.38 Å².